The molecule has 16 heavy (non-hydrogen) atoms. The molecule has 0 saturated carbocycles. The molecule has 0 aliphatic carbocycles. The van der Waals surface area contributed by atoms with Gasteiger partial charge in [-0.2, -0.15) is 0 Å². The molecule has 1 aliphatic heterocycles. The molecule has 5 heteroatoms. The van der Waals surface area contributed by atoms with Crippen LogP contribution in [0, 0.1) is 0 Å². The number of furan rings is 1. The van der Waals surface area contributed by atoms with E-state index in [1.807, 2.05) is 0 Å². The highest BCUT2D eigenvalue weighted by molar-refractivity contribution is 5.93. The average Bonchev–Trinajstić information content (AvgIpc) is 2.80. The number of nitrogens with one attached hydrogen (secondary N) is 1. The Morgan fingerprint density at radius 3 is 2.88 bits per heavy atom. The first-order chi connectivity index (χ1) is 7.70. The van der Waals surface area contributed by atoms with Crippen molar-refractivity contribution in [3.8, 4) is 0 Å². The molecule has 0 aromatic carbocycles. The number of carbonyl (C=O) groups excluding carboxylic acids is 1. The van der Waals surface area contributed by atoms with Crippen molar-refractivity contribution in [2.24, 2.45) is 0 Å². The minimum atomic E-state index is -0.836. The maximum Gasteiger partial charge on any atom is 0.254 e. The number of hydrogen-bond donors (Lipinski definition) is 2. The highest BCUT2D eigenvalue weighted by Crippen LogP contribution is 2.19. The molecule has 5 nitrogen and oxygen atoms in total. The van der Waals surface area contributed by atoms with Gasteiger partial charge in [0.1, 0.15) is 6.26 Å². The molecule has 1 aliphatic rings. The van der Waals surface area contributed by atoms with Crippen LogP contribution in [0.15, 0.2) is 23.0 Å². The zero-order valence-corrected chi connectivity index (χ0v) is 8.94. The smallest absolute Gasteiger partial charge is 0.254 e. The number of carbonyl (C=O) groups is 1. The second-order valence-corrected chi connectivity index (χ2v) is 4.03. The number of rotatable bonds is 3. The summed E-state index contributed by atoms with van der Waals surface area (Å²) in [7, 11) is 0. The first-order valence-corrected chi connectivity index (χ1v) is 5.30. The van der Waals surface area contributed by atoms with E-state index in [2.05, 4.69) is 5.32 Å². The molecule has 0 spiro atoms. The highest BCUT2D eigenvalue weighted by Gasteiger charge is 2.30. The van der Waals surface area contributed by atoms with Gasteiger partial charge >= 0.3 is 0 Å². The molecule has 2 heterocycles. The molecule has 1 saturated heterocycles. The van der Waals surface area contributed by atoms with Crippen molar-refractivity contribution in [2.75, 3.05) is 19.8 Å². The van der Waals surface area contributed by atoms with Gasteiger partial charge in [0.15, 0.2) is 0 Å². The largest absolute Gasteiger partial charge is 0.472 e. The zero-order valence-electron chi connectivity index (χ0n) is 8.94. The second kappa shape index (κ2) is 4.67. The van der Waals surface area contributed by atoms with Gasteiger partial charge in [0, 0.05) is 32.6 Å². The van der Waals surface area contributed by atoms with Crippen molar-refractivity contribution in [1.82, 2.24) is 5.32 Å². The molecule has 2 N–H and O–H groups in total. The summed E-state index contributed by atoms with van der Waals surface area (Å²) in [6, 6.07) is 1.59. The molecule has 1 fully saturated rings. The lowest BCUT2D eigenvalue weighted by atomic mass is 9.94. The lowest BCUT2D eigenvalue weighted by molar-refractivity contribution is -0.0605. The number of aliphatic hydroxyl groups is 1. The molecular formula is C11H15NO4. The van der Waals surface area contributed by atoms with Crippen LogP contribution in [-0.2, 0) is 4.74 Å². The maximum absolute atomic E-state index is 11.6. The van der Waals surface area contributed by atoms with Crippen LogP contribution in [0.2, 0.25) is 0 Å². The van der Waals surface area contributed by atoms with E-state index >= 15 is 0 Å². The van der Waals surface area contributed by atoms with Crippen LogP contribution in [0.1, 0.15) is 23.2 Å². The first kappa shape index (κ1) is 11.2. The standard InChI is InChI=1S/C11H15NO4/c13-10(9-1-4-16-7-9)12-8-11(14)2-5-15-6-3-11/h1,4,7,14H,2-3,5-6,8H2,(H,12,13). The fraction of sp³-hybridized carbons (Fsp3) is 0.545. The van der Waals surface area contributed by atoms with Gasteiger partial charge in [-0.1, -0.05) is 0 Å². The van der Waals surface area contributed by atoms with Crippen molar-refractivity contribution >= 4 is 5.91 Å². The molecule has 88 valence electrons. The minimum absolute atomic E-state index is 0.228. The Kier molecular flexibility index (Phi) is 3.26. The summed E-state index contributed by atoms with van der Waals surface area (Å²) in [6.07, 6.45) is 3.93. The zero-order chi connectivity index (χ0) is 11.4. The lowest BCUT2D eigenvalue weighted by Gasteiger charge is -2.31. The molecule has 0 unspecified atom stereocenters. The highest BCUT2D eigenvalue weighted by atomic mass is 16.5. The van der Waals surface area contributed by atoms with Gasteiger partial charge in [-0.15, -0.1) is 0 Å². The van der Waals surface area contributed by atoms with Gasteiger partial charge in [0.2, 0.25) is 0 Å². The lowest BCUT2D eigenvalue weighted by Crippen LogP contribution is -2.46. The third-order valence-electron chi connectivity index (χ3n) is 2.78. The van der Waals surface area contributed by atoms with Crippen molar-refractivity contribution in [3.05, 3.63) is 24.2 Å². The van der Waals surface area contributed by atoms with E-state index in [0.29, 0.717) is 31.6 Å². The van der Waals surface area contributed by atoms with Crippen LogP contribution in [0.3, 0.4) is 0 Å². The van der Waals surface area contributed by atoms with E-state index in [9.17, 15) is 9.90 Å². The van der Waals surface area contributed by atoms with E-state index in [-0.39, 0.29) is 12.5 Å². The normalized spacial score (nSPS) is 19.3. The second-order valence-electron chi connectivity index (χ2n) is 4.03. The summed E-state index contributed by atoms with van der Waals surface area (Å²) >= 11 is 0. The summed E-state index contributed by atoms with van der Waals surface area (Å²) < 4.78 is 9.97. The molecule has 0 radical (unpaired) electrons. The predicted octanol–water partition coefficient (Wildman–Crippen LogP) is 0.551. The fourth-order valence-electron chi connectivity index (χ4n) is 1.67. The van der Waals surface area contributed by atoms with Gasteiger partial charge in [0.25, 0.3) is 5.91 Å². The van der Waals surface area contributed by atoms with Crippen molar-refractivity contribution < 1.29 is 19.1 Å². The number of hydrogen-bond acceptors (Lipinski definition) is 4. The Morgan fingerprint density at radius 2 is 2.25 bits per heavy atom. The quantitative estimate of drug-likeness (QED) is 0.788. The third kappa shape index (κ3) is 2.62. The molecule has 2 rings (SSSR count). The van der Waals surface area contributed by atoms with E-state index in [0.717, 1.165) is 0 Å². The van der Waals surface area contributed by atoms with Crippen LogP contribution in [0.25, 0.3) is 0 Å². The topological polar surface area (TPSA) is 71.7 Å². The summed E-state index contributed by atoms with van der Waals surface area (Å²) in [5.41, 5.74) is -0.367. The average molecular weight is 225 g/mol. The van der Waals surface area contributed by atoms with E-state index in [4.69, 9.17) is 9.15 Å². The first-order valence-electron chi connectivity index (χ1n) is 5.30. The molecule has 1 aromatic heterocycles. The van der Waals surface area contributed by atoms with Crippen LogP contribution < -0.4 is 5.32 Å². The Balaban J connectivity index is 1.84. The van der Waals surface area contributed by atoms with Crippen molar-refractivity contribution in [1.29, 1.82) is 0 Å². The van der Waals surface area contributed by atoms with E-state index in [1.54, 1.807) is 6.07 Å². The molecular weight excluding hydrogens is 210 g/mol. The predicted molar refractivity (Wildman–Crippen MR) is 56.0 cm³/mol. The summed E-state index contributed by atoms with van der Waals surface area (Å²) in [4.78, 5) is 11.6. The Morgan fingerprint density at radius 1 is 1.50 bits per heavy atom. The van der Waals surface area contributed by atoms with E-state index < -0.39 is 5.60 Å². The van der Waals surface area contributed by atoms with E-state index in [1.165, 1.54) is 12.5 Å². The van der Waals surface area contributed by atoms with Gasteiger partial charge in [-0.05, 0) is 6.07 Å². The third-order valence-corrected chi connectivity index (χ3v) is 2.78. The Labute approximate surface area is 93.4 Å². The Bertz CT molecular complexity index is 341. The SMILES string of the molecule is O=C(NCC1(O)CCOCC1)c1ccoc1. The summed E-state index contributed by atoms with van der Waals surface area (Å²) in [5, 5.41) is 12.8. The van der Waals surface area contributed by atoms with Crippen LogP contribution in [0.4, 0.5) is 0 Å². The summed E-state index contributed by atoms with van der Waals surface area (Å²) in [5.74, 6) is -0.228. The van der Waals surface area contributed by atoms with Crippen LogP contribution in [-0.4, -0.2) is 36.4 Å². The molecule has 0 atom stereocenters. The van der Waals surface area contributed by atoms with Crippen LogP contribution >= 0.6 is 0 Å². The van der Waals surface area contributed by atoms with Crippen molar-refractivity contribution in [2.45, 2.75) is 18.4 Å². The Hall–Kier alpha value is -1.33. The minimum Gasteiger partial charge on any atom is -0.472 e. The van der Waals surface area contributed by atoms with Gasteiger partial charge in [-0.3, -0.25) is 4.79 Å². The molecule has 0 bridgehead atoms. The summed E-state index contributed by atoms with van der Waals surface area (Å²) in [6.45, 7) is 1.33. The molecule has 1 aromatic rings. The van der Waals surface area contributed by atoms with Crippen LogP contribution in [0.5, 0.6) is 0 Å². The van der Waals surface area contributed by atoms with Crippen molar-refractivity contribution in [3.63, 3.8) is 0 Å². The number of amides is 1. The maximum atomic E-state index is 11.6. The fourth-order valence-corrected chi connectivity index (χ4v) is 1.67. The molecule has 1 amide bonds. The van der Waals surface area contributed by atoms with Gasteiger partial charge in [-0.25, -0.2) is 0 Å². The van der Waals surface area contributed by atoms with Gasteiger partial charge < -0.3 is 19.6 Å². The van der Waals surface area contributed by atoms with Gasteiger partial charge in [0.05, 0.1) is 17.4 Å². The number of ether oxygens (including phenoxy) is 1. The monoisotopic (exact) mass is 225 g/mol.